The van der Waals surface area contributed by atoms with Crippen LogP contribution in [0.5, 0.6) is 0 Å². The molecule has 1 atom stereocenters. The van der Waals surface area contributed by atoms with Crippen LogP contribution in [0.4, 0.5) is 29.3 Å². The molecule has 1 fully saturated rings. The number of hydrogen-bond donors (Lipinski definition) is 2. The first-order valence-electron chi connectivity index (χ1n) is 7.26. The standard InChI is InChI=1S/C15H18F3N3O2/c1-10(22)19-12-4-6-13(7-5-12)20-14(23)21-8-2-3-11(9-21)15(16,17)18/h4-7,11H,2-3,8-9H2,1H3,(H,19,22)(H,20,23)/t11-/m0/s1. The van der Waals surface area contributed by atoms with Crippen LogP contribution in [0.15, 0.2) is 24.3 Å². The Balaban J connectivity index is 1.94. The van der Waals surface area contributed by atoms with Gasteiger partial charge in [-0.25, -0.2) is 4.79 Å². The third-order valence-electron chi connectivity index (χ3n) is 3.63. The first-order valence-corrected chi connectivity index (χ1v) is 7.26. The summed E-state index contributed by atoms with van der Waals surface area (Å²) in [6, 6.07) is 5.81. The zero-order valence-corrected chi connectivity index (χ0v) is 12.6. The Morgan fingerprint density at radius 1 is 1.13 bits per heavy atom. The van der Waals surface area contributed by atoms with Crippen molar-refractivity contribution in [2.75, 3.05) is 23.7 Å². The number of amides is 3. The minimum absolute atomic E-state index is 0.0543. The number of benzene rings is 1. The molecule has 1 aliphatic rings. The van der Waals surface area contributed by atoms with Gasteiger partial charge in [-0.05, 0) is 37.1 Å². The van der Waals surface area contributed by atoms with Gasteiger partial charge in [0.15, 0.2) is 0 Å². The summed E-state index contributed by atoms with van der Waals surface area (Å²) in [4.78, 5) is 24.2. The molecule has 0 saturated carbocycles. The number of anilines is 2. The monoisotopic (exact) mass is 329 g/mol. The van der Waals surface area contributed by atoms with E-state index in [4.69, 9.17) is 0 Å². The Kier molecular flexibility index (Phi) is 5.12. The van der Waals surface area contributed by atoms with Crippen LogP contribution in [-0.4, -0.2) is 36.1 Å². The summed E-state index contributed by atoms with van der Waals surface area (Å²) in [5.74, 6) is -1.68. The predicted molar refractivity (Wildman–Crippen MR) is 80.1 cm³/mol. The zero-order chi connectivity index (χ0) is 17.0. The molecule has 8 heteroatoms. The van der Waals surface area contributed by atoms with E-state index in [1.165, 1.54) is 11.8 Å². The summed E-state index contributed by atoms with van der Waals surface area (Å²) in [6.07, 6.45) is -3.89. The van der Waals surface area contributed by atoms with Gasteiger partial charge in [0.05, 0.1) is 5.92 Å². The largest absolute Gasteiger partial charge is 0.393 e. The molecule has 5 nitrogen and oxygen atoms in total. The van der Waals surface area contributed by atoms with Gasteiger partial charge in [0.2, 0.25) is 5.91 Å². The average Bonchev–Trinajstić information content (AvgIpc) is 2.48. The number of nitrogens with one attached hydrogen (secondary N) is 2. The second-order valence-electron chi connectivity index (χ2n) is 5.52. The van der Waals surface area contributed by atoms with E-state index in [9.17, 15) is 22.8 Å². The highest BCUT2D eigenvalue weighted by atomic mass is 19.4. The maximum Gasteiger partial charge on any atom is 0.393 e. The number of halogens is 3. The van der Waals surface area contributed by atoms with Crippen molar-refractivity contribution in [2.24, 2.45) is 5.92 Å². The van der Waals surface area contributed by atoms with Crippen LogP contribution in [0, 0.1) is 5.92 Å². The first kappa shape index (κ1) is 17.1. The van der Waals surface area contributed by atoms with Gasteiger partial charge < -0.3 is 15.5 Å². The molecule has 2 N–H and O–H groups in total. The molecule has 0 aliphatic carbocycles. The van der Waals surface area contributed by atoms with Gasteiger partial charge in [-0.15, -0.1) is 0 Å². The van der Waals surface area contributed by atoms with Gasteiger partial charge in [0.25, 0.3) is 0 Å². The summed E-state index contributed by atoms with van der Waals surface area (Å²) < 4.78 is 38.3. The lowest BCUT2D eigenvalue weighted by Gasteiger charge is -2.33. The molecule has 0 unspecified atom stereocenters. The minimum Gasteiger partial charge on any atom is -0.326 e. The fraction of sp³-hybridized carbons (Fsp3) is 0.467. The molecule has 126 valence electrons. The van der Waals surface area contributed by atoms with Crippen molar-refractivity contribution in [2.45, 2.75) is 25.9 Å². The highest BCUT2D eigenvalue weighted by Crippen LogP contribution is 2.33. The van der Waals surface area contributed by atoms with Crippen LogP contribution in [0.3, 0.4) is 0 Å². The lowest BCUT2D eigenvalue weighted by molar-refractivity contribution is -0.183. The van der Waals surface area contributed by atoms with E-state index in [1.54, 1.807) is 24.3 Å². The van der Waals surface area contributed by atoms with Crippen molar-refractivity contribution in [1.29, 1.82) is 0 Å². The van der Waals surface area contributed by atoms with Crippen LogP contribution >= 0.6 is 0 Å². The minimum atomic E-state index is -4.28. The van der Waals surface area contributed by atoms with Crippen molar-refractivity contribution in [3.05, 3.63) is 24.3 Å². The molecular weight excluding hydrogens is 311 g/mol. The number of carbonyl (C=O) groups excluding carboxylic acids is 2. The smallest absolute Gasteiger partial charge is 0.326 e. The van der Waals surface area contributed by atoms with Crippen molar-refractivity contribution in [3.63, 3.8) is 0 Å². The van der Waals surface area contributed by atoms with Gasteiger partial charge in [-0.1, -0.05) is 0 Å². The summed E-state index contributed by atoms with van der Waals surface area (Å²) in [5, 5.41) is 5.16. The second-order valence-corrected chi connectivity index (χ2v) is 5.52. The Hall–Kier alpha value is -2.25. The molecule has 1 aliphatic heterocycles. The maximum atomic E-state index is 12.8. The van der Waals surface area contributed by atoms with Crippen molar-refractivity contribution < 1.29 is 22.8 Å². The Labute approximate surface area is 131 Å². The summed E-state index contributed by atoms with van der Waals surface area (Å²) in [7, 11) is 0. The molecule has 2 rings (SSSR count). The molecule has 0 spiro atoms. The lowest BCUT2D eigenvalue weighted by Crippen LogP contribution is -2.46. The van der Waals surface area contributed by atoms with E-state index >= 15 is 0 Å². The number of likely N-dealkylation sites (tertiary alicyclic amines) is 1. The van der Waals surface area contributed by atoms with E-state index in [1.807, 2.05) is 0 Å². The topological polar surface area (TPSA) is 61.4 Å². The van der Waals surface area contributed by atoms with Gasteiger partial charge in [-0.2, -0.15) is 13.2 Å². The number of nitrogens with zero attached hydrogens (tertiary/aromatic N) is 1. The van der Waals surface area contributed by atoms with E-state index in [0.717, 1.165) is 0 Å². The molecule has 0 aromatic heterocycles. The molecule has 23 heavy (non-hydrogen) atoms. The Morgan fingerprint density at radius 3 is 2.22 bits per heavy atom. The Bertz CT molecular complexity index is 572. The number of hydrogen-bond acceptors (Lipinski definition) is 2. The Morgan fingerprint density at radius 2 is 1.70 bits per heavy atom. The quantitative estimate of drug-likeness (QED) is 0.873. The third kappa shape index (κ3) is 4.87. The first-order chi connectivity index (χ1) is 10.8. The van der Waals surface area contributed by atoms with E-state index < -0.39 is 18.1 Å². The molecule has 3 amide bonds. The van der Waals surface area contributed by atoms with Crippen molar-refractivity contribution in [3.8, 4) is 0 Å². The van der Waals surface area contributed by atoms with Crippen LogP contribution < -0.4 is 10.6 Å². The lowest BCUT2D eigenvalue weighted by atomic mass is 9.98. The van der Waals surface area contributed by atoms with Gasteiger partial charge in [0, 0.05) is 31.4 Å². The van der Waals surface area contributed by atoms with Gasteiger partial charge in [0.1, 0.15) is 0 Å². The zero-order valence-electron chi connectivity index (χ0n) is 12.6. The molecule has 0 radical (unpaired) electrons. The third-order valence-corrected chi connectivity index (χ3v) is 3.63. The number of urea groups is 1. The maximum absolute atomic E-state index is 12.8. The summed E-state index contributed by atoms with van der Waals surface area (Å²) in [6.45, 7) is 1.37. The van der Waals surface area contributed by atoms with Gasteiger partial charge >= 0.3 is 12.2 Å². The van der Waals surface area contributed by atoms with E-state index in [0.29, 0.717) is 24.3 Å². The fourth-order valence-electron chi connectivity index (χ4n) is 2.47. The average molecular weight is 329 g/mol. The molecular formula is C15H18F3N3O2. The number of alkyl halides is 3. The highest BCUT2D eigenvalue weighted by molar-refractivity contribution is 5.91. The van der Waals surface area contributed by atoms with Crippen LogP contribution in [0.1, 0.15) is 19.8 Å². The van der Waals surface area contributed by atoms with Crippen molar-refractivity contribution in [1.82, 2.24) is 4.90 Å². The van der Waals surface area contributed by atoms with Crippen LogP contribution in [-0.2, 0) is 4.79 Å². The normalized spacial score (nSPS) is 18.4. The number of piperidine rings is 1. The van der Waals surface area contributed by atoms with Crippen LogP contribution in [0.25, 0.3) is 0 Å². The summed E-state index contributed by atoms with van der Waals surface area (Å²) in [5.41, 5.74) is 1.03. The fourth-order valence-corrected chi connectivity index (χ4v) is 2.47. The van der Waals surface area contributed by atoms with Gasteiger partial charge in [-0.3, -0.25) is 4.79 Å². The molecule has 0 bridgehead atoms. The second kappa shape index (κ2) is 6.89. The number of carbonyl (C=O) groups is 2. The molecule has 1 aromatic carbocycles. The van der Waals surface area contributed by atoms with Crippen LogP contribution in [0.2, 0.25) is 0 Å². The molecule has 1 saturated heterocycles. The molecule has 1 aromatic rings. The van der Waals surface area contributed by atoms with E-state index in [2.05, 4.69) is 10.6 Å². The number of rotatable bonds is 2. The van der Waals surface area contributed by atoms with E-state index in [-0.39, 0.29) is 18.9 Å². The highest BCUT2D eigenvalue weighted by Gasteiger charge is 2.42. The summed E-state index contributed by atoms with van der Waals surface area (Å²) >= 11 is 0. The predicted octanol–water partition coefficient (Wildman–Crippen LogP) is 3.45. The molecule has 1 heterocycles. The van der Waals surface area contributed by atoms with Crippen molar-refractivity contribution >= 4 is 23.3 Å². The SMILES string of the molecule is CC(=O)Nc1ccc(NC(=O)N2CCC[C@H](C(F)(F)F)C2)cc1.